The van der Waals surface area contributed by atoms with Crippen molar-refractivity contribution in [1.29, 1.82) is 0 Å². The number of aliphatic hydroxyl groups is 1. The van der Waals surface area contributed by atoms with Gasteiger partial charge in [-0.05, 0) is 50.5 Å². The van der Waals surface area contributed by atoms with Crippen LogP contribution in [0.25, 0.3) is 10.9 Å². The van der Waals surface area contributed by atoms with E-state index in [0.29, 0.717) is 39.3 Å². The lowest BCUT2D eigenvalue weighted by Gasteiger charge is -2.26. The first-order valence-corrected chi connectivity index (χ1v) is 9.62. The highest BCUT2D eigenvalue weighted by Gasteiger charge is 2.15. The van der Waals surface area contributed by atoms with E-state index in [9.17, 15) is 9.90 Å². The second-order valence-electron chi connectivity index (χ2n) is 6.99. The van der Waals surface area contributed by atoms with Crippen molar-refractivity contribution in [2.45, 2.75) is 32.3 Å². The van der Waals surface area contributed by atoms with Gasteiger partial charge >= 0.3 is 6.03 Å². The van der Waals surface area contributed by atoms with Gasteiger partial charge in [-0.15, -0.1) is 0 Å². The number of aromatic nitrogens is 1. The van der Waals surface area contributed by atoms with E-state index in [0.717, 1.165) is 35.2 Å². The second kappa shape index (κ2) is 11.2. The molecule has 1 aliphatic heterocycles. The van der Waals surface area contributed by atoms with E-state index in [4.69, 9.17) is 9.47 Å². The van der Waals surface area contributed by atoms with Gasteiger partial charge in [0.1, 0.15) is 12.4 Å². The van der Waals surface area contributed by atoms with Crippen LogP contribution in [0.4, 0.5) is 4.79 Å². The number of amides is 2. The lowest BCUT2D eigenvalue weighted by Crippen LogP contribution is -2.46. The van der Waals surface area contributed by atoms with Gasteiger partial charge < -0.3 is 29.8 Å². The lowest BCUT2D eigenvalue weighted by molar-refractivity contribution is 0.0532. The smallest absolute Gasteiger partial charge is 0.317 e. The third-order valence-corrected chi connectivity index (χ3v) is 4.71. The number of morpholine rings is 1. The van der Waals surface area contributed by atoms with Gasteiger partial charge in [-0.3, -0.25) is 0 Å². The van der Waals surface area contributed by atoms with Crippen LogP contribution in [0, 0.1) is 6.92 Å². The zero-order chi connectivity index (χ0) is 19.1. The van der Waals surface area contributed by atoms with Gasteiger partial charge in [0.05, 0.1) is 19.3 Å². The molecule has 8 heteroatoms. The van der Waals surface area contributed by atoms with Gasteiger partial charge in [0.25, 0.3) is 0 Å². The Balaban J connectivity index is 0.00000280. The van der Waals surface area contributed by atoms with Crippen molar-refractivity contribution in [3.8, 4) is 5.75 Å². The number of benzene rings is 1. The molecule has 1 aliphatic rings. The van der Waals surface area contributed by atoms with Gasteiger partial charge in [0.15, 0.2) is 0 Å². The minimum atomic E-state index is -0.511. The Labute approximate surface area is 172 Å². The fraction of sp³-hybridized carbons (Fsp3) is 0.550. The van der Waals surface area contributed by atoms with E-state index in [1.54, 1.807) is 4.90 Å². The average molecular weight is 410 g/mol. The standard InChI is InChI=1S/C20H29N3O4.H2S/c1-15-12-16-13-18(5-6-19(16)22-15)27-14-17(24)4-2-3-7-21-20(25)23-8-10-26-11-9-23;/h5-6,12-13,17,22,24H,2-4,7-11,14H2,1H3,(H,21,25);1H2/t17-;/m0./s1. The second-order valence-corrected chi connectivity index (χ2v) is 6.99. The van der Waals surface area contributed by atoms with Gasteiger partial charge in [-0.1, -0.05) is 0 Å². The number of carbonyl (C=O) groups excluding carboxylic acids is 1. The molecule has 28 heavy (non-hydrogen) atoms. The minimum absolute atomic E-state index is 0. The maximum atomic E-state index is 11.9. The highest BCUT2D eigenvalue weighted by Crippen LogP contribution is 2.21. The summed E-state index contributed by atoms with van der Waals surface area (Å²) in [6.45, 7) is 5.43. The number of unbranched alkanes of at least 4 members (excludes halogenated alkanes) is 1. The topological polar surface area (TPSA) is 86.8 Å². The molecule has 0 bridgehead atoms. The number of aliphatic hydroxyl groups excluding tert-OH is 1. The lowest BCUT2D eigenvalue weighted by atomic mass is 10.1. The third-order valence-electron chi connectivity index (χ3n) is 4.71. The largest absolute Gasteiger partial charge is 0.491 e. The number of hydrogen-bond donors (Lipinski definition) is 3. The molecule has 0 spiro atoms. The molecule has 2 heterocycles. The van der Waals surface area contributed by atoms with Crippen molar-refractivity contribution < 1.29 is 19.4 Å². The summed E-state index contributed by atoms with van der Waals surface area (Å²) in [5, 5.41) is 14.1. The SMILES string of the molecule is Cc1cc2cc(OC[C@@H](O)CCCCNC(=O)N3CCOCC3)ccc2[nH]1.S. The van der Waals surface area contributed by atoms with E-state index in [-0.39, 0.29) is 26.1 Å². The van der Waals surface area contributed by atoms with Crippen molar-refractivity contribution in [2.75, 3.05) is 39.5 Å². The van der Waals surface area contributed by atoms with Crippen LogP contribution < -0.4 is 10.1 Å². The van der Waals surface area contributed by atoms with Gasteiger partial charge in [-0.25, -0.2) is 4.79 Å². The summed E-state index contributed by atoms with van der Waals surface area (Å²) in [4.78, 5) is 17.0. The number of hydrogen-bond acceptors (Lipinski definition) is 4. The number of nitrogens with zero attached hydrogens (tertiary/aromatic N) is 1. The number of aryl methyl sites for hydroxylation is 1. The molecule has 1 saturated heterocycles. The number of urea groups is 1. The number of H-pyrrole nitrogens is 1. The summed E-state index contributed by atoms with van der Waals surface area (Å²) in [5.74, 6) is 0.762. The Morgan fingerprint density at radius 3 is 2.89 bits per heavy atom. The molecule has 0 unspecified atom stereocenters. The van der Waals surface area contributed by atoms with Crippen LogP contribution in [0.5, 0.6) is 5.75 Å². The quantitative estimate of drug-likeness (QED) is 0.585. The molecule has 0 aliphatic carbocycles. The van der Waals surface area contributed by atoms with Gasteiger partial charge in [-0.2, -0.15) is 13.5 Å². The Kier molecular flexibility index (Phi) is 8.95. The Hall–Kier alpha value is -1.90. The fourth-order valence-electron chi connectivity index (χ4n) is 3.20. The maximum absolute atomic E-state index is 11.9. The maximum Gasteiger partial charge on any atom is 0.317 e. The van der Waals surface area contributed by atoms with E-state index in [1.807, 2.05) is 25.1 Å². The average Bonchev–Trinajstić information content (AvgIpc) is 3.06. The van der Waals surface area contributed by atoms with E-state index in [2.05, 4.69) is 16.4 Å². The first-order chi connectivity index (χ1) is 13.1. The van der Waals surface area contributed by atoms with Crippen LogP contribution in [0.1, 0.15) is 25.0 Å². The molecule has 1 aromatic heterocycles. The van der Waals surface area contributed by atoms with E-state index in [1.165, 1.54) is 0 Å². The van der Waals surface area contributed by atoms with Crippen LogP contribution in [-0.2, 0) is 4.74 Å². The zero-order valence-electron chi connectivity index (χ0n) is 16.4. The van der Waals surface area contributed by atoms with Crippen molar-refractivity contribution in [3.63, 3.8) is 0 Å². The molecule has 2 amide bonds. The Morgan fingerprint density at radius 1 is 1.32 bits per heavy atom. The number of nitrogens with one attached hydrogen (secondary N) is 2. The third kappa shape index (κ3) is 6.61. The molecule has 2 aromatic rings. The number of fused-ring (bicyclic) bond motifs is 1. The van der Waals surface area contributed by atoms with Crippen molar-refractivity contribution in [3.05, 3.63) is 30.0 Å². The predicted octanol–water partition coefficient (Wildman–Crippen LogP) is 2.54. The van der Waals surface area contributed by atoms with Gasteiger partial charge in [0, 0.05) is 36.2 Å². The van der Waals surface area contributed by atoms with Gasteiger partial charge in [0.2, 0.25) is 0 Å². The molecule has 1 fully saturated rings. The molecule has 156 valence electrons. The molecule has 3 N–H and O–H groups in total. The number of ether oxygens (including phenoxy) is 2. The number of rotatable bonds is 8. The molecule has 1 aromatic carbocycles. The molecular weight excluding hydrogens is 378 g/mol. The minimum Gasteiger partial charge on any atom is -0.491 e. The first-order valence-electron chi connectivity index (χ1n) is 9.62. The van der Waals surface area contributed by atoms with Crippen LogP contribution in [0.15, 0.2) is 24.3 Å². The highest BCUT2D eigenvalue weighted by molar-refractivity contribution is 7.59. The zero-order valence-corrected chi connectivity index (χ0v) is 17.4. The molecule has 1 atom stereocenters. The number of aromatic amines is 1. The number of carbonyl (C=O) groups is 1. The van der Waals surface area contributed by atoms with Crippen LogP contribution in [0.2, 0.25) is 0 Å². The van der Waals surface area contributed by atoms with E-state index >= 15 is 0 Å². The van der Waals surface area contributed by atoms with Crippen molar-refractivity contribution >= 4 is 30.4 Å². The predicted molar refractivity (Wildman–Crippen MR) is 115 cm³/mol. The van der Waals surface area contributed by atoms with E-state index < -0.39 is 6.10 Å². The van der Waals surface area contributed by atoms with Crippen molar-refractivity contribution in [2.24, 2.45) is 0 Å². The molecule has 3 rings (SSSR count). The highest BCUT2D eigenvalue weighted by atomic mass is 32.1. The summed E-state index contributed by atoms with van der Waals surface area (Å²) in [5.41, 5.74) is 2.20. The van der Waals surface area contributed by atoms with Crippen LogP contribution >= 0.6 is 13.5 Å². The fourth-order valence-corrected chi connectivity index (χ4v) is 3.20. The Morgan fingerprint density at radius 2 is 2.11 bits per heavy atom. The molecule has 0 saturated carbocycles. The summed E-state index contributed by atoms with van der Waals surface area (Å²) >= 11 is 0. The van der Waals surface area contributed by atoms with Crippen LogP contribution in [0.3, 0.4) is 0 Å². The molecular formula is C20H31N3O4S. The normalized spacial score (nSPS) is 15.1. The summed E-state index contributed by atoms with van der Waals surface area (Å²) in [7, 11) is 0. The van der Waals surface area contributed by atoms with Crippen LogP contribution in [-0.4, -0.2) is 66.6 Å². The first kappa shape index (κ1) is 22.4. The Bertz CT molecular complexity index is 746. The monoisotopic (exact) mass is 409 g/mol. The van der Waals surface area contributed by atoms with Crippen molar-refractivity contribution in [1.82, 2.24) is 15.2 Å². The summed E-state index contributed by atoms with van der Waals surface area (Å²) in [6.07, 6.45) is 1.81. The molecule has 7 nitrogen and oxygen atoms in total. The summed E-state index contributed by atoms with van der Waals surface area (Å²) < 4.78 is 10.9. The summed E-state index contributed by atoms with van der Waals surface area (Å²) in [6, 6.07) is 7.92. The molecule has 0 radical (unpaired) electrons.